The van der Waals surface area contributed by atoms with Crippen molar-refractivity contribution in [1.29, 1.82) is 0 Å². The highest BCUT2D eigenvalue weighted by atomic mass is 16.6. The number of benzene rings is 2. The first-order valence-corrected chi connectivity index (χ1v) is 13.1. The van der Waals surface area contributed by atoms with Crippen molar-refractivity contribution in [2.24, 2.45) is 0 Å². The molecule has 2 unspecified atom stereocenters. The van der Waals surface area contributed by atoms with Gasteiger partial charge in [-0.25, -0.2) is 4.79 Å². The lowest BCUT2D eigenvalue weighted by Crippen LogP contribution is -2.52. The number of nitrogens with zero attached hydrogens (tertiary/aromatic N) is 1. The molecule has 0 fully saturated rings. The van der Waals surface area contributed by atoms with Crippen LogP contribution in [0.1, 0.15) is 75.3 Å². The fraction of sp³-hybridized carbons (Fsp3) is 0.452. The van der Waals surface area contributed by atoms with E-state index in [4.69, 9.17) is 11.2 Å². The Morgan fingerprint density at radius 3 is 2.29 bits per heavy atom. The van der Waals surface area contributed by atoms with Crippen molar-refractivity contribution in [2.75, 3.05) is 6.54 Å². The van der Waals surface area contributed by atoms with Crippen LogP contribution in [0.2, 0.25) is 0 Å². The van der Waals surface area contributed by atoms with E-state index in [-0.39, 0.29) is 12.3 Å². The summed E-state index contributed by atoms with van der Waals surface area (Å²) in [6.45, 7) is 11.7. The average molecular weight is 520 g/mol. The molecular weight excluding hydrogens is 478 g/mol. The number of hydrogen-bond donors (Lipinski definition) is 2. The molecule has 38 heavy (non-hydrogen) atoms. The number of amides is 3. The zero-order valence-corrected chi connectivity index (χ0v) is 23.5. The van der Waals surface area contributed by atoms with Crippen LogP contribution >= 0.6 is 0 Å². The predicted molar refractivity (Wildman–Crippen MR) is 150 cm³/mol. The normalized spacial score (nSPS) is 12.6. The highest BCUT2D eigenvalue weighted by Gasteiger charge is 2.36. The number of hydrogen-bond acceptors (Lipinski definition) is 4. The van der Waals surface area contributed by atoms with Gasteiger partial charge in [0.05, 0.1) is 0 Å². The fourth-order valence-corrected chi connectivity index (χ4v) is 3.97. The molecule has 0 aliphatic heterocycles. The van der Waals surface area contributed by atoms with Crippen LogP contribution in [0.5, 0.6) is 0 Å². The van der Waals surface area contributed by atoms with Gasteiger partial charge in [0, 0.05) is 19.0 Å². The number of ether oxygens (including phenoxy) is 1. The maximum Gasteiger partial charge on any atom is 0.408 e. The zero-order chi connectivity index (χ0) is 28.3. The number of terminal acetylenes is 1. The molecule has 0 aliphatic rings. The van der Waals surface area contributed by atoms with Crippen LogP contribution in [0, 0.1) is 26.3 Å². The second kappa shape index (κ2) is 14.2. The Morgan fingerprint density at radius 2 is 1.71 bits per heavy atom. The second-order valence-electron chi connectivity index (χ2n) is 10.5. The molecule has 2 rings (SSSR count). The molecule has 0 spiro atoms. The first kappa shape index (κ1) is 30.4. The Bertz CT molecular complexity index is 1130. The van der Waals surface area contributed by atoms with Crippen LogP contribution in [-0.4, -0.2) is 41.0 Å². The molecule has 2 N–H and O–H groups in total. The number of unbranched alkanes of at least 4 members (excludes halogenated alkanes) is 2. The summed E-state index contributed by atoms with van der Waals surface area (Å²) >= 11 is 0. The number of aryl methyl sites for hydroxylation is 2. The highest BCUT2D eigenvalue weighted by Crippen LogP contribution is 2.25. The van der Waals surface area contributed by atoms with E-state index in [9.17, 15) is 14.4 Å². The van der Waals surface area contributed by atoms with E-state index in [1.807, 2.05) is 62.4 Å². The van der Waals surface area contributed by atoms with Crippen molar-refractivity contribution in [3.8, 4) is 12.5 Å². The van der Waals surface area contributed by atoms with Gasteiger partial charge in [-0.3, -0.25) is 14.5 Å². The summed E-state index contributed by atoms with van der Waals surface area (Å²) in [6, 6.07) is 15.2. The molecule has 7 nitrogen and oxygen atoms in total. The molecule has 3 amide bonds. The van der Waals surface area contributed by atoms with Crippen LogP contribution in [0.3, 0.4) is 0 Å². The molecule has 0 saturated heterocycles. The number of carbonyl (C=O) groups is 3. The zero-order valence-electron chi connectivity index (χ0n) is 23.5. The molecule has 0 aromatic heterocycles. The quantitative estimate of drug-likeness (QED) is 0.242. The van der Waals surface area contributed by atoms with Gasteiger partial charge in [0.2, 0.25) is 5.91 Å². The van der Waals surface area contributed by atoms with E-state index in [0.29, 0.717) is 12.1 Å². The summed E-state index contributed by atoms with van der Waals surface area (Å²) in [5.41, 5.74) is 2.71. The lowest BCUT2D eigenvalue weighted by atomic mass is 9.98. The Hall–Kier alpha value is -3.79. The van der Waals surface area contributed by atoms with Crippen LogP contribution in [-0.2, 0) is 20.7 Å². The molecule has 0 bridgehead atoms. The minimum Gasteiger partial charge on any atom is -0.444 e. The Kier molecular flexibility index (Phi) is 11.4. The van der Waals surface area contributed by atoms with Crippen molar-refractivity contribution >= 4 is 17.9 Å². The first-order valence-electron chi connectivity index (χ1n) is 13.1. The van der Waals surface area contributed by atoms with Gasteiger partial charge < -0.3 is 15.4 Å². The van der Waals surface area contributed by atoms with Gasteiger partial charge >= 0.3 is 6.09 Å². The Labute approximate surface area is 227 Å². The summed E-state index contributed by atoms with van der Waals surface area (Å²) in [7, 11) is 0. The minimum absolute atomic E-state index is 0.175. The fourth-order valence-electron chi connectivity index (χ4n) is 3.97. The second-order valence-corrected chi connectivity index (χ2v) is 10.5. The van der Waals surface area contributed by atoms with Gasteiger partial charge in [-0.2, -0.15) is 0 Å². The molecule has 2 aromatic rings. The third kappa shape index (κ3) is 9.26. The molecule has 0 saturated carbocycles. The van der Waals surface area contributed by atoms with E-state index in [0.717, 1.165) is 40.9 Å². The van der Waals surface area contributed by atoms with E-state index in [1.54, 1.807) is 20.8 Å². The third-order valence-corrected chi connectivity index (χ3v) is 6.08. The van der Waals surface area contributed by atoms with Gasteiger partial charge in [0.15, 0.2) is 0 Å². The molecule has 204 valence electrons. The molecule has 0 heterocycles. The van der Waals surface area contributed by atoms with Crippen molar-refractivity contribution in [3.05, 3.63) is 70.8 Å². The highest BCUT2D eigenvalue weighted by molar-refractivity contribution is 5.93. The monoisotopic (exact) mass is 519 g/mol. The maximum atomic E-state index is 14.0. The molecule has 2 atom stereocenters. The van der Waals surface area contributed by atoms with Crippen molar-refractivity contribution in [3.63, 3.8) is 0 Å². The van der Waals surface area contributed by atoms with Crippen molar-refractivity contribution in [1.82, 2.24) is 15.5 Å². The standard InChI is InChI=1S/C31H41N3O4/c1-8-10-14-19-32-28(35)27(25-18-17-22(3)23(4)20-25)34(9-2)29(36)26(21-24-15-12-11-13-16-24)33-30(37)38-31(5,6)7/h2,11-13,15-18,20,26-27H,8,10,14,19,21H2,1,3-7H3,(H,32,35)(H,33,37). The van der Waals surface area contributed by atoms with Gasteiger partial charge in [0.1, 0.15) is 17.7 Å². The summed E-state index contributed by atoms with van der Waals surface area (Å²) in [4.78, 5) is 41.2. The smallest absolute Gasteiger partial charge is 0.408 e. The summed E-state index contributed by atoms with van der Waals surface area (Å²) in [5, 5.41) is 5.62. The third-order valence-electron chi connectivity index (χ3n) is 6.08. The average Bonchev–Trinajstić information content (AvgIpc) is 2.85. The van der Waals surface area contributed by atoms with E-state index in [1.165, 1.54) is 0 Å². The van der Waals surface area contributed by atoms with E-state index < -0.39 is 29.7 Å². The molecule has 0 radical (unpaired) electrons. The summed E-state index contributed by atoms with van der Waals surface area (Å²) in [6.07, 6.45) is 8.14. The predicted octanol–water partition coefficient (Wildman–Crippen LogP) is 5.21. The summed E-state index contributed by atoms with van der Waals surface area (Å²) < 4.78 is 5.42. The SMILES string of the molecule is C#CN(C(=O)C(Cc1ccccc1)NC(=O)OC(C)(C)C)C(C(=O)NCCCCC)c1ccc(C)c(C)c1. The molecular formula is C31H41N3O4. The van der Waals surface area contributed by atoms with Gasteiger partial charge in [-0.1, -0.05) is 74.7 Å². The number of rotatable bonds is 11. The number of nitrogens with one attached hydrogen (secondary N) is 2. The van der Waals surface area contributed by atoms with Crippen LogP contribution in [0.4, 0.5) is 4.79 Å². The maximum absolute atomic E-state index is 14.0. The van der Waals surface area contributed by atoms with E-state index in [2.05, 4.69) is 23.6 Å². The van der Waals surface area contributed by atoms with Gasteiger partial charge in [-0.05, 0) is 63.3 Å². The lowest BCUT2D eigenvalue weighted by Gasteiger charge is -2.30. The molecule has 2 aromatic carbocycles. The van der Waals surface area contributed by atoms with Crippen molar-refractivity contribution < 1.29 is 19.1 Å². The minimum atomic E-state index is -1.06. The number of alkyl carbamates (subject to hydrolysis) is 1. The number of carbonyl (C=O) groups excluding carboxylic acids is 3. The van der Waals surface area contributed by atoms with Gasteiger partial charge in [0.25, 0.3) is 5.91 Å². The summed E-state index contributed by atoms with van der Waals surface area (Å²) in [5.74, 6) is -0.944. The topological polar surface area (TPSA) is 87.7 Å². The van der Waals surface area contributed by atoms with Crippen LogP contribution < -0.4 is 10.6 Å². The molecule has 0 aliphatic carbocycles. The van der Waals surface area contributed by atoms with Crippen LogP contribution in [0.15, 0.2) is 48.5 Å². The largest absolute Gasteiger partial charge is 0.444 e. The van der Waals surface area contributed by atoms with Crippen LogP contribution in [0.25, 0.3) is 0 Å². The molecule has 7 heteroatoms. The van der Waals surface area contributed by atoms with Crippen molar-refractivity contribution in [2.45, 2.75) is 84.9 Å². The lowest BCUT2D eigenvalue weighted by molar-refractivity contribution is -0.138. The first-order chi connectivity index (χ1) is 18.0. The van der Waals surface area contributed by atoms with E-state index >= 15 is 0 Å². The Morgan fingerprint density at radius 1 is 1.03 bits per heavy atom. The Balaban J connectivity index is 2.45. The van der Waals surface area contributed by atoms with Gasteiger partial charge in [-0.15, -0.1) is 0 Å².